The first kappa shape index (κ1) is 24.5. The fourth-order valence-electron chi connectivity index (χ4n) is 3.29. The quantitative estimate of drug-likeness (QED) is 0.428. The number of phenols is 1. The SMILES string of the molecule is O=C1OCCOc2ccccc2-c2ccc(OC(F)(F)F)c(c2)NS(=O)(=O)c2cc1cc(Cl)c2O. The number of benzene rings is 3. The Kier molecular flexibility index (Phi) is 6.43. The van der Waals surface area contributed by atoms with Crippen molar-refractivity contribution < 1.29 is 45.7 Å². The lowest BCUT2D eigenvalue weighted by Crippen LogP contribution is -2.20. The molecule has 184 valence electrons. The number of alkyl halides is 3. The molecular formula is C22H15ClF3NO7S. The Balaban J connectivity index is 1.93. The summed E-state index contributed by atoms with van der Waals surface area (Å²) in [7, 11) is -4.78. The van der Waals surface area contributed by atoms with E-state index < -0.39 is 49.5 Å². The fraction of sp³-hybridized carbons (Fsp3) is 0.136. The van der Waals surface area contributed by atoms with Crippen LogP contribution in [0.3, 0.4) is 0 Å². The molecule has 0 saturated heterocycles. The van der Waals surface area contributed by atoms with Crippen LogP contribution in [-0.2, 0) is 14.8 Å². The summed E-state index contributed by atoms with van der Waals surface area (Å²) in [6, 6.07) is 11.6. The van der Waals surface area contributed by atoms with Crippen LogP contribution in [0.2, 0.25) is 5.02 Å². The van der Waals surface area contributed by atoms with Gasteiger partial charge in [-0.25, -0.2) is 13.2 Å². The van der Waals surface area contributed by atoms with Gasteiger partial charge in [0.1, 0.15) is 23.9 Å². The summed E-state index contributed by atoms with van der Waals surface area (Å²) in [6.45, 7) is -0.296. The molecular weight excluding hydrogens is 515 g/mol. The summed E-state index contributed by atoms with van der Waals surface area (Å²) in [5.41, 5.74) is -0.202. The monoisotopic (exact) mass is 529 g/mol. The Labute approximate surface area is 201 Å². The average molecular weight is 530 g/mol. The summed E-state index contributed by atoms with van der Waals surface area (Å²) in [6.07, 6.45) is -5.13. The molecule has 3 aromatic carbocycles. The molecule has 0 aliphatic carbocycles. The van der Waals surface area contributed by atoms with E-state index in [1.807, 2.05) is 4.72 Å². The molecule has 13 heteroatoms. The number of anilines is 1. The number of esters is 1. The van der Waals surface area contributed by atoms with Crippen molar-refractivity contribution in [3.63, 3.8) is 0 Å². The molecule has 0 fully saturated rings. The van der Waals surface area contributed by atoms with E-state index in [-0.39, 0.29) is 24.3 Å². The van der Waals surface area contributed by atoms with Gasteiger partial charge in [0, 0.05) is 5.56 Å². The number of carbonyl (C=O) groups excluding carboxylic acids is 1. The molecule has 1 heterocycles. The van der Waals surface area contributed by atoms with Gasteiger partial charge < -0.3 is 19.3 Å². The number of nitrogens with one attached hydrogen (secondary N) is 1. The number of fused-ring (bicyclic) bond motifs is 6. The number of sulfonamides is 1. The molecule has 8 nitrogen and oxygen atoms in total. The molecule has 1 aliphatic rings. The number of phenolic OH excluding ortho intramolecular Hbond substituents is 1. The number of ether oxygens (including phenoxy) is 3. The first-order valence-corrected chi connectivity index (χ1v) is 11.7. The topological polar surface area (TPSA) is 111 Å². The number of aromatic hydroxyl groups is 1. The predicted molar refractivity (Wildman–Crippen MR) is 118 cm³/mol. The maximum Gasteiger partial charge on any atom is 0.573 e. The van der Waals surface area contributed by atoms with E-state index in [0.717, 1.165) is 24.3 Å². The first-order valence-electron chi connectivity index (χ1n) is 9.79. The van der Waals surface area contributed by atoms with Gasteiger partial charge in [-0.1, -0.05) is 35.9 Å². The van der Waals surface area contributed by atoms with Crippen LogP contribution in [0.15, 0.2) is 59.5 Å². The molecule has 2 N–H and O–H groups in total. The van der Waals surface area contributed by atoms with Crippen LogP contribution in [0.5, 0.6) is 17.2 Å². The Morgan fingerprint density at radius 3 is 2.46 bits per heavy atom. The molecule has 4 bridgehead atoms. The van der Waals surface area contributed by atoms with Gasteiger partial charge in [0.25, 0.3) is 10.0 Å². The van der Waals surface area contributed by atoms with Crippen molar-refractivity contribution in [2.24, 2.45) is 0 Å². The van der Waals surface area contributed by atoms with Crippen LogP contribution < -0.4 is 14.2 Å². The molecule has 0 amide bonds. The summed E-state index contributed by atoms with van der Waals surface area (Å²) < 4.78 is 81.9. The Morgan fingerprint density at radius 1 is 1.00 bits per heavy atom. The largest absolute Gasteiger partial charge is 0.573 e. The lowest BCUT2D eigenvalue weighted by atomic mass is 10.0. The Morgan fingerprint density at radius 2 is 1.71 bits per heavy atom. The van der Waals surface area contributed by atoms with E-state index in [1.54, 1.807) is 24.3 Å². The van der Waals surface area contributed by atoms with Crippen LogP contribution in [0.1, 0.15) is 10.4 Å². The molecule has 1 aliphatic heterocycles. The predicted octanol–water partition coefficient (Wildman–Crippen LogP) is 4.96. The highest BCUT2D eigenvalue weighted by Gasteiger charge is 2.33. The fourth-order valence-corrected chi connectivity index (χ4v) is 4.77. The normalized spacial score (nSPS) is 15.4. The molecule has 0 radical (unpaired) electrons. The first-order chi connectivity index (χ1) is 16.4. The number of halogens is 4. The van der Waals surface area contributed by atoms with Crippen LogP contribution in [-0.4, -0.2) is 39.1 Å². The molecule has 3 aromatic rings. The zero-order valence-corrected chi connectivity index (χ0v) is 19.0. The van der Waals surface area contributed by atoms with Gasteiger partial charge in [-0.05, 0) is 35.9 Å². The highest BCUT2D eigenvalue weighted by Crippen LogP contribution is 2.40. The zero-order valence-electron chi connectivity index (χ0n) is 17.4. The Bertz CT molecular complexity index is 1410. The molecule has 0 aromatic heterocycles. The maximum absolute atomic E-state index is 13.1. The van der Waals surface area contributed by atoms with E-state index in [0.29, 0.717) is 11.3 Å². The molecule has 0 saturated carbocycles. The second-order valence-corrected chi connectivity index (χ2v) is 9.21. The van der Waals surface area contributed by atoms with Crippen molar-refractivity contribution >= 4 is 33.3 Å². The van der Waals surface area contributed by atoms with Crippen LogP contribution >= 0.6 is 11.6 Å². The van der Waals surface area contributed by atoms with Gasteiger partial charge in [0.05, 0.1) is 16.3 Å². The Hall–Kier alpha value is -3.64. The van der Waals surface area contributed by atoms with Gasteiger partial charge in [-0.2, -0.15) is 0 Å². The van der Waals surface area contributed by atoms with E-state index >= 15 is 0 Å². The number of rotatable bonds is 1. The van der Waals surface area contributed by atoms with Crippen molar-refractivity contribution in [2.45, 2.75) is 11.3 Å². The van der Waals surface area contributed by atoms with Crippen molar-refractivity contribution in [3.8, 4) is 28.4 Å². The molecule has 0 spiro atoms. The highest BCUT2D eigenvalue weighted by molar-refractivity contribution is 7.92. The molecule has 4 rings (SSSR count). The van der Waals surface area contributed by atoms with Gasteiger partial charge >= 0.3 is 12.3 Å². The third kappa shape index (κ3) is 5.38. The minimum absolute atomic E-state index is 0.0832. The van der Waals surface area contributed by atoms with Gasteiger partial charge in [0.2, 0.25) is 0 Å². The van der Waals surface area contributed by atoms with Crippen molar-refractivity contribution in [2.75, 3.05) is 17.9 Å². The van der Waals surface area contributed by atoms with Crippen molar-refractivity contribution in [3.05, 3.63) is 65.2 Å². The number of cyclic esters (lactones) is 1. The number of carbonyl (C=O) groups is 1. The molecule has 0 unspecified atom stereocenters. The second kappa shape index (κ2) is 9.19. The minimum atomic E-state index is -5.13. The number of para-hydroxylation sites is 1. The smallest absolute Gasteiger partial charge is 0.505 e. The van der Waals surface area contributed by atoms with E-state index in [1.165, 1.54) is 6.07 Å². The molecule has 0 atom stereocenters. The van der Waals surface area contributed by atoms with E-state index in [4.69, 9.17) is 21.1 Å². The lowest BCUT2D eigenvalue weighted by Gasteiger charge is -2.17. The molecule has 35 heavy (non-hydrogen) atoms. The second-order valence-electron chi connectivity index (χ2n) is 7.15. The summed E-state index contributed by atoms with van der Waals surface area (Å²) in [5.74, 6) is -2.42. The summed E-state index contributed by atoms with van der Waals surface area (Å²) in [5, 5.41) is 9.76. The number of hydrogen-bond acceptors (Lipinski definition) is 7. The summed E-state index contributed by atoms with van der Waals surface area (Å²) >= 11 is 5.90. The third-order valence-corrected chi connectivity index (χ3v) is 6.44. The van der Waals surface area contributed by atoms with Crippen LogP contribution in [0.25, 0.3) is 11.1 Å². The van der Waals surface area contributed by atoms with Gasteiger partial charge in [0.15, 0.2) is 11.5 Å². The summed E-state index contributed by atoms with van der Waals surface area (Å²) in [4.78, 5) is 11.6. The maximum atomic E-state index is 13.1. The lowest BCUT2D eigenvalue weighted by molar-refractivity contribution is -0.274. The van der Waals surface area contributed by atoms with E-state index in [9.17, 15) is 31.5 Å². The van der Waals surface area contributed by atoms with Crippen LogP contribution in [0.4, 0.5) is 18.9 Å². The average Bonchev–Trinajstić information content (AvgIpc) is 2.78. The highest BCUT2D eigenvalue weighted by atomic mass is 35.5. The van der Waals surface area contributed by atoms with Crippen molar-refractivity contribution in [1.29, 1.82) is 0 Å². The van der Waals surface area contributed by atoms with Gasteiger partial charge in [-0.15, -0.1) is 13.2 Å². The number of hydrogen-bond donors (Lipinski definition) is 2. The van der Waals surface area contributed by atoms with Gasteiger partial charge in [-0.3, -0.25) is 4.72 Å². The zero-order chi connectivity index (χ0) is 25.4. The van der Waals surface area contributed by atoms with E-state index in [2.05, 4.69) is 4.74 Å². The minimum Gasteiger partial charge on any atom is -0.505 e. The standard InChI is InChI=1S/C22H15ClF3NO7S/c23-15-9-13-11-19(20(15)28)35(30,31)27-16-10-12(5-6-18(16)34-22(24,25)26)14-3-1-2-4-17(14)32-7-8-33-21(13)29/h1-6,9-11,27-28H,7-8H2. The van der Waals surface area contributed by atoms with Crippen molar-refractivity contribution in [1.82, 2.24) is 0 Å². The third-order valence-electron chi connectivity index (χ3n) is 4.78. The van der Waals surface area contributed by atoms with Crippen LogP contribution in [0, 0.1) is 0 Å².